The Morgan fingerprint density at radius 3 is 1.87 bits per heavy atom. The first-order valence-corrected chi connectivity index (χ1v) is 10.5. The van der Waals surface area contributed by atoms with Crippen molar-refractivity contribution in [1.82, 2.24) is 0 Å². The molecular formula is C23H40. The Balaban J connectivity index is 1.86. The molecule has 0 aromatic heterocycles. The fraction of sp³-hybridized carbons (Fsp3) is 0.826. The highest BCUT2D eigenvalue weighted by Gasteiger charge is 2.14. The molecule has 0 aromatic rings. The number of unbranched alkanes of at least 4 members (excludes halogenated alkanes) is 11. The predicted octanol–water partition coefficient (Wildman–Crippen LogP) is 7.83. The molecule has 0 radical (unpaired) electrons. The second-order valence-electron chi connectivity index (χ2n) is 7.45. The SMILES string of the molecule is C=C(C#CCCCCCCCCCCCCC)C1CCCCC1. The lowest BCUT2D eigenvalue weighted by Crippen LogP contribution is -2.07. The maximum absolute atomic E-state index is 4.20. The minimum Gasteiger partial charge on any atom is -0.0982 e. The van der Waals surface area contributed by atoms with Crippen LogP contribution in [-0.2, 0) is 0 Å². The average Bonchev–Trinajstić information content (AvgIpc) is 2.59. The zero-order valence-electron chi connectivity index (χ0n) is 15.8. The Morgan fingerprint density at radius 2 is 1.30 bits per heavy atom. The lowest BCUT2D eigenvalue weighted by Gasteiger charge is -2.20. The normalized spacial score (nSPS) is 15.2. The third-order valence-electron chi connectivity index (χ3n) is 5.25. The van der Waals surface area contributed by atoms with Crippen molar-refractivity contribution in [3.05, 3.63) is 12.2 Å². The van der Waals surface area contributed by atoms with Gasteiger partial charge in [0.1, 0.15) is 0 Å². The predicted molar refractivity (Wildman–Crippen MR) is 105 cm³/mol. The smallest absolute Gasteiger partial charge is 0.00923 e. The van der Waals surface area contributed by atoms with Crippen LogP contribution >= 0.6 is 0 Å². The number of rotatable bonds is 12. The van der Waals surface area contributed by atoms with Crippen LogP contribution in [-0.4, -0.2) is 0 Å². The molecule has 132 valence electrons. The summed E-state index contributed by atoms with van der Waals surface area (Å²) >= 11 is 0. The van der Waals surface area contributed by atoms with Gasteiger partial charge in [0.2, 0.25) is 0 Å². The third kappa shape index (κ3) is 11.5. The summed E-state index contributed by atoms with van der Waals surface area (Å²) in [5, 5.41) is 0. The van der Waals surface area contributed by atoms with Crippen molar-refractivity contribution in [2.24, 2.45) is 5.92 Å². The van der Waals surface area contributed by atoms with Crippen molar-refractivity contribution in [2.75, 3.05) is 0 Å². The van der Waals surface area contributed by atoms with E-state index in [1.54, 1.807) is 0 Å². The first-order chi connectivity index (χ1) is 11.3. The van der Waals surface area contributed by atoms with Crippen LogP contribution in [0.25, 0.3) is 0 Å². The molecule has 1 saturated carbocycles. The fourth-order valence-electron chi connectivity index (χ4n) is 3.61. The van der Waals surface area contributed by atoms with Crippen LogP contribution in [0.4, 0.5) is 0 Å². The quantitative estimate of drug-likeness (QED) is 0.254. The summed E-state index contributed by atoms with van der Waals surface area (Å²) in [7, 11) is 0. The topological polar surface area (TPSA) is 0 Å². The van der Waals surface area contributed by atoms with E-state index < -0.39 is 0 Å². The molecule has 0 unspecified atom stereocenters. The van der Waals surface area contributed by atoms with Crippen LogP contribution in [0.3, 0.4) is 0 Å². The van der Waals surface area contributed by atoms with Crippen molar-refractivity contribution in [1.29, 1.82) is 0 Å². The van der Waals surface area contributed by atoms with Gasteiger partial charge in [0.05, 0.1) is 0 Å². The first kappa shape index (κ1) is 20.3. The first-order valence-electron chi connectivity index (χ1n) is 10.5. The number of hydrogen-bond acceptors (Lipinski definition) is 0. The molecule has 0 atom stereocenters. The van der Waals surface area contributed by atoms with Gasteiger partial charge in [-0.05, 0) is 30.8 Å². The monoisotopic (exact) mass is 316 g/mol. The summed E-state index contributed by atoms with van der Waals surface area (Å²) in [5.74, 6) is 7.41. The summed E-state index contributed by atoms with van der Waals surface area (Å²) in [6.07, 6.45) is 23.4. The van der Waals surface area contributed by atoms with Crippen LogP contribution in [0.1, 0.15) is 116 Å². The van der Waals surface area contributed by atoms with Gasteiger partial charge in [-0.25, -0.2) is 0 Å². The molecule has 1 aliphatic rings. The molecular weight excluding hydrogens is 276 g/mol. The van der Waals surface area contributed by atoms with Gasteiger partial charge < -0.3 is 0 Å². The second kappa shape index (κ2) is 14.9. The molecule has 0 amide bonds. The van der Waals surface area contributed by atoms with E-state index in [4.69, 9.17) is 0 Å². The lowest BCUT2D eigenvalue weighted by atomic mass is 9.84. The minimum atomic E-state index is 0.702. The molecule has 0 heteroatoms. The zero-order chi connectivity index (χ0) is 16.6. The van der Waals surface area contributed by atoms with Gasteiger partial charge in [-0.3, -0.25) is 0 Å². The Morgan fingerprint density at radius 1 is 0.783 bits per heavy atom. The summed E-state index contributed by atoms with van der Waals surface area (Å²) in [6, 6.07) is 0. The number of allylic oxidation sites excluding steroid dienone is 1. The Hall–Kier alpha value is -0.700. The van der Waals surface area contributed by atoms with Crippen LogP contribution in [0.5, 0.6) is 0 Å². The molecule has 0 nitrogen and oxygen atoms in total. The van der Waals surface area contributed by atoms with Crippen molar-refractivity contribution in [2.45, 2.75) is 116 Å². The van der Waals surface area contributed by atoms with Gasteiger partial charge in [0.15, 0.2) is 0 Å². The molecule has 0 aromatic carbocycles. The van der Waals surface area contributed by atoms with Crippen molar-refractivity contribution >= 4 is 0 Å². The van der Waals surface area contributed by atoms with Crippen LogP contribution in [0, 0.1) is 17.8 Å². The highest BCUT2D eigenvalue weighted by Crippen LogP contribution is 2.28. The molecule has 0 aliphatic heterocycles. The molecule has 0 spiro atoms. The minimum absolute atomic E-state index is 0.702. The van der Waals surface area contributed by atoms with E-state index in [1.807, 2.05) is 0 Å². The third-order valence-corrected chi connectivity index (χ3v) is 5.25. The highest BCUT2D eigenvalue weighted by atomic mass is 14.2. The molecule has 1 aliphatic carbocycles. The Bertz CT molecular complexity index is 335. The van der Waals surface area contributed by atoms with E-state index >= 15 is 0 Å². The maximum Gasteiger partial charge on any atom is 0.00923 e. The molecule has 23 heavy (non-hydrogen) atoms. The van der Waals surface area contributed by atoms with Gasteiger partial charge in [-0.2, -0.15) is 0 Å². The van der Waals surface area contributed by atoms with Gasteiger partial charge in [-0.15, -0.1) is 0 Å². The fourth-order valence-corrected chi connectivity index (χ4v) is 3.61. The second-order valence-corrected chi connectivity index (χ2v) is 7.45. The van der Waals surface area contributed by atoms with Gasteiger partial charge in [0, 0.05) is 6.42 Å². The lowest BCUT2D eigenvalue weighted by molar-refractivity contribution is 0.410. The zero-order valence-corrected chi connectivity index (χ0v) is 15.8. The van der Waals surface area contributed by atoms with E-state index in [1.165, 1.54) is 108 Å². The van der Waals surface area contributed by atoms with Crippen molar-refractivity contribution < 1.29 is 0 Å². The Labute approximate surface area is 146 Å². The largest absolute Gasteiger partial charge is 0.0982 e. The van der Waals surface area contributed by atoms with E-state index in [2.05, 4.69) is 25.3 Å². The summed E-state index contributed by atoms with van der Waals surface area (Å²) in [5.41, 5.74) is 1.22. The molecule has 1 fully saturated rings. The van der Waals surface area contributed by atoms with E-state index in [-0.39, 0.29) is 0 Å². The van der Waals surface area contributed by atoms with E-state index in [0.29, 0.717) is 5.92 Å². The molecule has 0 N–H and O–H groups in total. The Kier molecular flexibility index (Phi) is 13.1. The maximum atomic E-state index is 4.20. The molecule has 1 rings (SSSR count). The van der Waals surface area contributed by atoms with Gasteiger partial charge in [-0.1, -0.05) is 109 Å². The van der Waals surface area contributed by atoms with Crippen LogP contribution in [0.2, 0.25) is 0 Å². The van der Waals surface area contributed by atoms with Gasteiger partial charge >= 0.3 is 0 Å². The van der Waals surface area contributed by atoms with Crippen molar-refractivity contribution in [3.63, 3.8) is 0 Å². The van der Waals surface area contributed by atoms with Crippen molar-refractivity contribution in [3.8, 4) is 11.8 Å². The van der Waals surface area contributed by atoms with E-state index in [9.17, 15) is 0 Å². The van der Waals surface area contributed by atoms with Crippen LogP contribution < -0.4 is 0 Å². The molecule has 0 heterocycles. The van der Waals surface area contributed by atoms with Gasteiger partial charge in [0.25, 0.3) is 0 Å². The molecule has 0 saturated heterocycles. The summed E-state index contributed by atoms with van der Waals surface area (Å²) in [6.45, 7) is 6.49. The summed E-state index contributed by atoms with van der Waals surface area (Å²) in [4.78, 5) is 0. The highest BCUT2D eigenvalue weighted by molar-refractivity contribution is 5.28. The van der Waals surface area contributed by atoms with Crippen LogP contribution in [0.15, 0.2) is 12.2 Å². The summed E-state index contributed by atoms with van der Waals surface area (Å²) < 4.78 is 0. The van der Waals surface area contributed by atoms with E-state index in [0.717, 1.165) is 6.42 Å². The molecule has 0 bridgehead atoms. The average molecular weight is 317 g/mol. The standard InChI is InChI=1S/C23H40/c1-3-4-5-6-7-8-9-10-11-12-13-14-16-19-22(2)23-20-17-15-18-21-23/h23H,2-15,17-18,20-21H2,1H3. The number of hydrogen-bond donors (Lipinski definition) is 0.